The molecule has 0 saturated carbocycles. The van der Waals surface area contributed by atoms with Crippen LogP contribution in [0.25, 0.3) is 11.9 Å². The van der Waals surface area contributed by atoms with Crippen LogP contribution in [0.2, 0.25) is 0 Å². The molecule has 1 N–H and O–H groups in total. The lowest BCUT2D eigenvalue weighted by atomic mass is 9.82. The van der Waals surface area contributed by atoms with Crippen LogP contribution >= 0.6 is 0 Å². The van der Waals surface area contributed by atoms with E-state index in [-0.39, 0.29) is 11.2 Å². The number of halogens is 1. The second-order valence-electron chi connectivity index (χ2n) is 3.81. The molecule has 0 amide bonds. The van der Waals surface area contributed by atoms with Crippen molar-refractivity contribution >= 4 is 11.9 Å². The first-order valence-electron chi connectivity index (χ1n) is 4.51. The highest BCUT2D eigenvalue weighted by molar-refractivity contribution is 5.66. The highest BCUT2D eigenvalue weighted by Crippen LogP contribution is 2.36. The van der Waals surface area contributed by atoms with Crippen LogP contribution in [0, 0.1) is 5.41 Å². The second kappa shape index (κ2) is 2.20. The Morgan fingerprint density at radius 1 is 1.23 bits per heavy atom. The van der Waals surface area contributed by atoms with Crippen molar-refractivity contribution < 1.29 is 4.39 Å². The standard InChI is InChI=1S/C11H10FN/c12-10-9-4-2-1-3-8(9)5-11(10)6-13-7-11/h1-5,13H,6-7H2. The van der Waals surface area contributed by atoms with Crippen LogP contribution in [-0.4, -0.2) is 13.1 Å². The quantitative estimate of drug-likeness (QED) is 0.592. The predicted molar refractivity (Wildman–Crippen MR) is 50.0 cm³/mol. The van der Waals surface area contributed by atoms with E-state index in [1.807, 2.05) is 30.3 Å². The van der Waals surface area contributed by atoms with Crippen LogP contribution in [0.15, 0.2) is 24.3 Å². The fourth-order valence-corrected chi connectivity index (χ4v) is 2.10. The summed E-state index contributed by atoms with van der Waals surface area (Å²) in [4.78, 5) is 0. The van der Waals surface area contributed by atoms with Crippen molar-refractivity contribution in [1.82, 2.24) is 5.32 Å². The largest absolute Gasteiger partial charge is 0.314 e. The van der Waals surface area contributed by atoms with E-state index in [1.54, 1.807) is 0 Å². The van der Waals surface area contributed by atoms with Crippen molar-refractivity contribution in [2.75, 3.05) is 13.1 Å². The molecule has 1 heterocycles. The molecule has 1 aromatic rings. The smallest absolute Gasteiger partial charge is 0.120 e. The van der Waals surface area contributed by atoms with Crippen LogP contribution < -0.4 is 15.8 Å². The Bertz CT molecular complexity index is 471. The van der Waals surface area contributed by atoms with Gasteiger partial charge in [-0.05, 0) is 5.22 Å². The van der Waals surface area contributed by atoms with Gasteiger partial charge in [-0.15, -0.1) is 0 Å². The Hall–Kier alpha value is -1.15. The van der Waals surface area contributed by atoms with Gasteiger partial charge in [0.2, 0.25) is 0 Å². The summed E-state index contributed by atoms with van der Waals surface area (Å²) < 4.78 is 13.9. The minimum Gasteiger partial charge on any atom is -0.314 e. The van der Waals surface area contributed by atoms with E-state index in [9.17, 15) is 4.39 Å². The lowest BCUT2D eigenvalue weighted by Crippen LogP contribution is -2.51. The molecule has 2 aliphatic rings. The fourth-order valence-electron chi connectivity index (χ4n) is 2.10. The fraction of sp³-hybridized carbons (Fsp3) is 0.273. The topological polar surface area (TPSA) is 12.0 Å². The molecule has 1 aromatic carbocycles. The molecule has 1 aliphatic heterocycles. The maximum atomic E-state index is 13.9. The van der Waals surface area contributed by atoms with E-state index in [0.717, 1.165) is 23.5 Å². The first-order chi connectivity index (χ1) is 6.32. The lowest BCUT2D eigenvalue weighted by molar-refractivity contribution is 0.316. The van der Waals surface area contributed by atoms with Gasteiger partial charge in [0, 0.05) is 18.3 Å². The van der Waals surface area contributed by atoms with E-state index in [4.69, 9.17) is 0 Å². The Morgan fingerprint density at radius 2 is 2.00 bits per heavy atom. The first-order valence-corrected chi connectivity index (χ1v) is 4.51. The van der Waals surface area contributed by atoms with Gasteiger partial charge in [-0.3, -0.25) is 0 Å². The molecule has 66 valence electrons. The van der Waals surface area contributed by atoms with Gasteiger partial charge in [0.15, 0.2) is 0 Å². The highest BCUT2D eigenvalue weighted by Gasteiger charge is 2.41. The van der Waals surface area contributed by atoms with Gasteiger partial charge in [0.05, 0.1) is 5.41 Å². The maximum absolute atomic E-state index is 13.9. The average Bonchev–Trinajstić information content (AvgIpc) is 2.40. The summed E-state index contributed by atoms with van der Waals surface area (Å²) in [6.45, 7) is 1.49. The monoisotopic (exact) mass is 175 g/mol. The molecule has 0 radical (unpaired) electrons. The third kappa shape index (κ3) is 0.787. The lowest BCUT2D eigenvalue weighted by Gasteiger charge is -2.37. The Morgan fingerprint density at radius 3 is 2.62 bits per heavy atom. The summed E-state index contributed by atoms with van der Waals surface area (Å²) in [5.41, 5.74) is -0.302. The van der Waals surface area contributed by atoms with Crippen LogP contribution in [0.5, 0.6) is 0 Å². The molecule has 0 atom stereocenters. The van der Waals surface area contributed by atoms with Gasteiger partial charge in [0.1, 0.15) is 5.83 Å². The molecule has 0 unspecified atom stereocenters. The summed E-state index contributed by atoms with van der Waals surface area (Å²) >= 11 is 0. The summed E-state index contributed by atoms with van der Waals surface area (Å²) in [7, 11) is 0. The minimum absolute atomic E-state index is 0.0434. The van der Waals surface area contributed by atoms with Crippen molar-refractivity contribution in [3.05, 3.63) is 34.7 Å². The number of nitrogens with one attached hydrogen (secondary N) is 1. The number of hydrogen-bond donors (Lipinski definition) is 1. The number of rotatable bonds is 0. The van der Waals surface area contributed by atoms with Gasteiger partial charge in [0.25, 0.3) is 0 Å². The third-order valence-corrected chi connectivity index (χ3v) is 2.95. The maximum Gasteiger partial charge on any atom is 0.120 e. The summed E-state index contributed by atoms with van der Waals surface area (Å²) in [6.07, 6.45) is 2.05. The van der Waals surface area contributed by atoms with Gasteiger partial charge < -0.3 is 5.32 Å². The second-order valence-corrected chi connectivity index (χ2v) is 3.81. The van der Waals surface area contributed by atoms with E-state index in [1.165, 1.54) is 0 Å². The summed E-state index contributed by atoms with van der Waals surface area (Å²) in [5, 5.41) is 4.94. The Labute approximate surface area is 75.6 Å². The zero-order valence-electron chi connectivity index (χ0n) is 7.18. The van der Waals surface area contributed by atoms with Crippen molar-refractivity contribution in [2.45, 2.75) is 0 Å². The molecule has 1 spiro atoms. The molecule has 0 bridgehead atoms. The van der Waals surface area contributed by atoms with E-state index in [2.05, 4.69) is 5.32 Å². The normalized spacial score (nSPS) is 22.4. The van der Waals surface area contributed by atoms with Crippen molar-refractivity contribution in [3.63, 3.8) is 0 Å². The minimum atomic E-state index is -0.302. The molecule has 2 heteroatoms. The van der Waals surface area contributed by atoms with Crippen LogP contribution in [0.1, 0.15) is 0 Å². The SMILES string of the molecule is FC1=c2ccccc2=CC12CNC2. The van der Waals surface area contributed by atoms with Crippen LogP contribution in [0.4, 0.5) is 4.39 Å². The summed E-state index contributed by atoms with van der Waals surface area (Å²) in [6, 6.07) is 7.67. The Balaban J connectivity index is 2.36. The number of hydrogen-bond acceptors (Lipinski definition) is 1. The van der Waals surface area contributed by atoms with E-state index >= 15 is 0 Å². The zero-order valence-corrected chi connectivity index (χ0v) is 7.18. The Kier molecular flexibility index (Phi) is 1.23. The summed E-state index contributed by atoms with van der Waals surface area (Å²) in [5.74, 6) is 0.0434. The zero-order chi connectivity index (χ0) is 8.89. The van der Waals surface area contributed by atoms with Crippen LogP contribution in [-0.2, 0) is 0 Å². The van der Waals surface area contributed by atoms with Crippen molar-refractivity contribution in [2.24, 2.45) is 5.41 Å². The third-order valence-electron chi connectivity index (χ3n) is 2.95. The van der Waals surface area contributed by atoms with E-state index < -0.39 is 0 Å². The molecule has 1 saturated heterocycles. The average molecular weight is 175 g/mol. The molecule has 0 aromatic heterocycles. The highest BCUT2D eigenvalue weighted by atomic mass is 19.1. The van der Waals surface area contributed by atoms with Crippen LogP contribution in [0.3, 0.4) is 0 Å². The molecule has 1 nitrogen and oxygen atoms in total. The van der Waals surface area contributed by atoms with E-state index in [0.29, 0.717) is 0 Å². The predicted octanol–water partition coefficient (Wildman–Crippen LogP) is 0.148. The van der Waals surface area contributed by atoms with Gasteiger partial charge in [-0.1, -0.05) is 30.3 Å². The molecule has 1 fully saturated rings. The first kappa shape index (κ1) is 7.27. The van der Waals surface area contributed by atoms with Gasteiger partial charge in [-0.2, -0.15) is 0 Å². The molecule has 1 aliphatic carbocycles. The number of fused-ring (bicyclic) bond motifs is 1. The van der Waals surface area contributed by atoms with Crippen molar-refractivity contribution in [3.8, 4) is 0 Å². The van der Waals surface area contributed by atoms with Crippen molar-refractivity contribution in [1.29, 1.82) is 0 Å². The number of benzene rings is 1. The molecular formula is C11H10FN. The molecule has 13 heavy (non-hydrogen) atoms. The van der Waals surface area contributed by atoms with Gasteiger partial charge >= 0.3 is 0 Å². The molecule has 3 rings (SSSR count). The molecular weight excluding hydrogens is 165 g/mol. The van der Waals surface area contributed by atoms with Gasteiger partial charge in [-0.25, -0.2) is 4.39 Å².